The number of nitrogens with zero attached hydrogens (tertiary/aromatic N) is 10. The van der Waals surface area contributed by atoms with Crippen molar-refractivity contribution >= 4 is 0 Å². The monoisotopic (exact) mass is 2070 g/mol. The second-order valence-electron chi connectivity index (χ2n) is 50.0. The van der Waals surface area contributed by atoms with Crippen molar-refractivity contribution in [2.24, 2.45) is 11.3 Å². The number of piperazine rings is 4. The van der Waals surface area contributed by atoms with E-state index in [1.165, 1.54) is 30.6 Å². The highest BCUT2D eigenvalue weighted by atomic mass is 16.6. The summed E-state index contributed by atoms with van der Waals surface area (Å²) in [5.41, 5.74) is 3.78. The summed E-state index contributed by atoms with van der Waals surface area (Å²) in [6.45, 7) is 129. The molecule has 6 heterocycles. The minimum absolute atomic E-state index is 0.0357. The summed E-state index contributed by atoms with van der Waals surface area (Å²) in [6.07, 6.45) is 8.91. The molecular weight excluding hydrogens is 1830 g/mol. The fourth-order valence-electron chi connectivity index (χ4n) is 14.0. The maximum Gasteiger partial charge on any atom is 0.213 e. The van der Waals surface area contributed by atoms with E-state index in [-0.39, 0.29) is 57.3 Å². The van der Waals surface area contributed by atoms with Gasteiger partial charge in [0, 0.05) is 216 Å². The Morgan fingerprint density at radius 1 is 0.283 bits per heavy atom. The lowest BCUT2D eigenvalue weighted by molar-refractivity contribution is -0.0461. The Labute approximate surface area is 893 Å². The third-order valence-electron chi connectivity index (χ3n) is 22.2. The van der Waals surface area contributed by atoms with Gasteiger partial charge in [-0.2, -0.15) is 0 Å². The molecule has 0 amide bonds. The van der Waals surface area contributed by atoms with Crippen LogP contribution in [0.4, 0.5) is 0 Å². The molecular formula is C116H237N13O16. The molecule has 4 saturated heterocycles. The maximum atomic E-state index is 5.82. The minimum atomic E-state index is -0.0716. The van der Waals surface area contributed by atoms with Gasteiger partial charge in [0.15, 0.2) is 0 Å². The molecule has 0 atom stereocenters. The molecule has 4 aliphatic heterocycles. The molecule has 4 aliphatic rings. The third kappa shape index (κ3) is 102. The fraction of sp³-hybridized carbons (Fsp3) is 0.914. The molecule has 0 bridgehead atoms. The van der Waals surface area contributed by atoms with E-state index in [0.717, 1.165) is 241 Å². The predicted octanol–water partition coefficient (Wildman–Crippen LogP) is 18.3. The van der Waals surface area contributed by atoms with E-state index in [1.807, 2.05) is 114 Å². The molecule has 0 aromatic carbocycles. The van der Waals surface area contributed by atoms with Gasteiger partial charge in [-0.1, -0.05) is 60.6 Å². The second kappa shape index (κ2) is 81.5. The highest BCUT2D eigenvalue weighted by Gasteiger charge is 2.29. The van der Waals surface area contributed by atoms with Crippen LogP contribution in [0.1, 0.15) is 301 Å². The molecule has 0 aliphatic carbocycles. The largest absolute Gasteiger partial charge is 0.478 e. The van der Waals surface area contributed by atoms with Crippen LogP contribution in [0.5, 0.6) is 11.8 Å². The Morgan fingerprint density at radius 3 is 0.814 bits per heavy atom. The molecule has 29 nitrogen and oxygen atoms in total. The number of nitrogens with one attached hydrogen (secondary N) is 3. The van der Waals surface area contributed by atoms with E-state index in [1.54, 1.807) is 0 Å². The quantitative estimate of drug-likeness (QED) is 0.0522. The Bertz CT molecular complexity index is 3160. The molecule has 4 fully saturated rings. The van der Waals surface area contributed by atoms with E-state index in [0.29, 0.717) is 115 Å². The van der Waals surface area contributed by atoms with Crippen LogP contribution in [0, 0.1) is 11.3 Å². The van der Waals surface area contributed by atoms with Crippen molar-refractivity contribution in [1.29, 1.82) is 0 Å². The van der Waals surface area contributed by atoms with Gasteiger partial charge in [0.25, 0.3) is 0 Å². The molecule has 0 unspecified atom stereocenters. The molecule has 6 rings (SSSR count). The van der Waals surface area contributed by atoms with Gasteiger partial charge in [0.1, 0.15) is 0 Å². The summed E-state index contributed by atoms with van der Waals surface area (Å²) in [5, 5.41) is 10.2. The zero-order chi connectivity index (χ0) is 110. The zero-order valence-electron chi connectivity index (χ0n) is 102. The Balaban J connectivity index is 0. The number of hydrogen-bond acceptors (Lipinski definition) is 29. The summed E-state index contributed by atoms with van der Waals surface area (Å²) in [6, 6.07) is 8.13. The molecule has 145 heavy (non-hydrogen) atoms. The van der Waals surface area contributed by atoms with Gasteiger partial charge >= 0.3 is 0 Å². The van der Waals surface area contributed by atoms with E-state index in [4.69, 9.17) is 75.8 Å². The predicted molar refractivity (Wildman–Crippen MR) is 608 cm³/mol. The first-order chi connectivity index (χ1) is 67.4. The smallest absolute Gasteiger partial charge is 0.213 e. The van der Waals surface area contributed by atoms with E-state index < -0.39 is 0 Å². The van der Waals surface area contributed by atoms with Crippen LogP contribution in [0.15, 0.2) is 36.7 Å². The number of aromatic nitrogens is 2. The first kappa shape index (κ1) is 144. The second-order valence-corrected chi connectivity index (χ2v) is 50.0. The first-order valence-electron chi connectivity index (χ1n) is 56.1. The Kier molecular flexibility index (Phi) is 80.9. The summed E-state index contributed by atoms with van der Waals surface area (Å²) < 4.78 is 89.0. The van der Waals surface area contributed by atoms with Crippen molar-refractivity contribution in [1.82, 2.24) is 65.1 Å². The molecule has 0 radical (unpaired) electrons. The normalized spacial score (nSPS) is 15.9. The molecule has 0 spiro atoms. The number of rotatable bonds is 57. The van der Waals surface area contributed by atoms with Crippen LogP contribution in [0.3, 0.4) is 0 Å². The SMILES string of the molecule is CC(C)(C)CCc1ccc(OCCCN2CCN(C(C)(C)C)CC2)nc1.CC(C)(C)NCCOCCOC(C)(C)C.CC(C)(C)NCCOCCOCCN1CCN(C(C)(C)C)CC1.CC(C)(C)NCCOCCOCCN1CCN(CCOC(C)(C)C)CC1.CC(C)C.CC(C)OCCOCCOC(C)(C)C.CC(C)OCCOCCOCCN1CCN(CCOC(C)(C)C)CC1.CCc1ccc(OC(C)C)nc1. The molecule has 0 saturated carbocycles. The molecule has 2 aromatic heterocycles. The average Bonchev–Trinajstić information content (AvgIpc) is 0.858. The van der Waals surface area contributed by atoms with Crippen LogP contribution in [-0.2, 0) is 79.2 Å². The molecule has 862 valence electrons. The van der Waals surface area contributed by atoms with Crippen LogP contribution in [0.2, 0.25) is 0 Å². The van der Waals surface area contributed by atoms with Gasteiger partial charge in [-0.25, -0.2) is 9.97 Å². The standard InChI is InChI=1S/C22H39N3O.C20H43N3O3.C19H40N2O4.C18H39N3O2.C12H27NO2.C11H24O3.C10H15NO.C4H10/c1-21(2,3)11-10-19-8-9-20(23-18-19)26-17-7-12-24-13-15-25(16-14-24)22(4,5)6;1-19(2,3)21-7-14-24-17-18-25-15-12-22-8-10-23(11-9-22)13-16-26-20(4,5)6;1-18(2)24-17-16-23-15-14-22-12-10-20-6-8-21(9-7-20)11-13-25-19(3,4)5;1-17(2,3)19-7-13-22-15-16-23-14-12-20-8-10-21(11-9-20)18(4,5)6;1-11(2,3)13-7-8-14-9-10-15-12(4,5)6;1-10(2)13-8-6-12-7-9-14-11(3,4)5;1-4-9-5-6-10(11-7-9)12-8(2)3;1-4(2)3/h8-9,18H,7,10-17H2,1-6H3;21H,7-18H2,1-6H3;18H,6-17H2,1-5H3;19H,7-16H2,1-6H3;13H,7-10H2,1-6H3;10H,6-9H2,1-5H3;5-8H,4H2,1-3H3;4H,1-3H3. The van der Waals surface area contributed by atoms with Crippen molar-refractivity contribution < 1.29 is 75.8 Å². The lowest BCUT2D eigenvalue weighted by Gasteiger charge is -2.42. The number of aryl methyl sites for hydroxylation is 2. The molecule has 29 heteroatoms. The highest BCUT2D eigenvalue weighted by molar-refractivity contribution is 5.19. The van der Waals surface area contributed by atoms with Crippen LogP contribution in [-0.4, -0.2) is 433 Å². The van der Waals surface area contributed by atoms with Gasteiger partial charge in [-0.3, -0.25) is 34.3 Å². The highest BCUT2D eigenvalue weighted by Crippen LogP contribution is 2.24. The topological polar surface area (TPSA) is 235 Å². The number of hydrogen-bond donors (Lipinski definition) is 3. The van der Waals surface area contributed by atoms with Crippen LogP contribution < -0.4 is 25.4 Å². The van der Waals surface area contributed by atoms with E-state index >= 15 is 0 Å². The summed E-state index contributed by atoms with van der Waals surface area (Å²) >= 11 is 0. The van der Waals surface area contributed by atoms with Crippen LogP contribution in [0.25, 0.3) is 0 Å². The summed E-state index contributed by atoms with van der Waals surface area (Å²) in [7, 11) is 0. The number of pyridine rings is 2. The van der Waals surface area contributed by atoms with Crippen molar-refractivity contribution in [3.8, 4) is 11.8 Å². The van der Waals surface area contributed by atoms with Crippen molar-refractivity contribution in [2.75, 3.05) is 316 Å². The van der Waals surface area contributed by atoms with E-state index in [9.17, 15) is 0 Å². The van der Waals surface area contributed by atoms with Gasteiger partial charge < -0.3 is 96.6 Å². The molecule has 2 aromatic rings. The average molecular weight is 2070 g/mol. The van der Waals surface area contributed by atoms with Crippen molar-refractivity contribution in [2.45, 2.75) is 371 Å². The first-order valence-corrected chi connectivity index (χ1v) is 56.1. The number of ether oxygens (including phenoxy) is 16. The van der Waals surface area contributed by atoms with Gasteiger partial charge in [-0.05, 0) is 277 Å². The lowest BCUT2D eigenvalue weighted by Crippen LogP contribution is -2.53. The van der Waals surface area contributed by atoms with Gasteiger partial charge in [-0.15, -0.1) is 0 Å². The summed E-state index contributed by atoms with van der Waals surface area (Å²) in [5.74, 6) is 2.30. The minimum Gasteiger partial charge on any atom is -0.478 e. The van der Waals surface area contributed by atoms with Crippen molar-refractivity contribution in [3.05, 3.63) is 47.8 Å². The maximum absolute atomic E-state index is 5.82. The Morgan fingerprint density at radius 2 is 0.545 bits per heavy atom. The van der Waals surface area contributed by atoms with Crippen molar-refractivity contribution in [3.63, 3.8) is 0 Å². The van der Waals surface area contributed by atoms with E-state index in [2.05, 4.69) is 265 Å². The van der Waals surface area contributed by atoms with Gasteiger partial charge in [0.2, 0.25) is 11.8 Å². The Hall–Kier alpha value is -3.10. The van der Waals surface area contributed by atoms with Gasteiger partial charge in [0.05, 0.1) is 193 Å². The lowest BCUT2D eigenvalue weighted by atomic mass is 9.89. The summed E-state index contributed by atoms with van der Waals surface area (Å²) in [4.78, 5) is 28.7. The van der Waals surface area contributed by atoms with Crippen LogP contribution >= 0.6 is 0 Å². The molecule has 3 N–H and O–H groups in total. The fourth-order valence-corrected chi connectivity index (χ4v) is 14.0. The third-order valence-corrected chi connectivity index (χ3v) is 22.2. The zero-order valence-corrected chi connectivity index (χ0v) is 102.